The van der Waals surface area contributed by atoms with Crippen molar-refractivity contribution in [3.63, 3.8) is 0 Å². The molecule has 4 rings (SSSR count). The summed E-state index contributed by atoms with van der Waals surface area (Å²) in [5.74, 6) is -0.263. The number of rotatable bonds is 3. The van der Waals surface area contributed by atoms with Gasteiger partial charge in [-0.1, -0.05) is 6.07 Å². The molecule has 2 saturated heterocycles. The van der Waals surface area contributed by atoms with Crippen molar-refractivity contribution >= 4 is 17.7 Å². The summed E-state index contributed by atoms with van der Waals surface area (Å²) in [7, 11) is 0. The Bertz CT molecular complexity index is 680. The van der Waals surface area contributed by atoms with E-state index in [1.54, 1.807) is 6.07 Å². The third-order valence-corrected chi connectivity index (χ3v) is 6.28. The molecule has 0 saturated carbocycles. The highest BCUT2D eigenvalue weighted by molar-refractivity contribution is 6.13. The van der Waals surface area contributed by atoms with E-state index >= 15 is 0 Å². The van der Waals surface area contributed by atoms with Gasteiger partial charge in [-0.25, -0.2) is 9.21 Å². The molecule has 1 N–H and O–H groups in total. The zero-order valence-electron chi connectivity index (χ0n) is 13.9. The number of aliphatic hydroxyl groups is 1. The van der Waals surface area contributed by atoms with E-state index in [9.17, 15) is 9.90 Å². The topological polar surface area (TPSA) is 53.0 Å². The molecule has 0 amide bonds. The number of aliphatic hydroxyl groups excluding tert-OH is 1. The first-order valence-electron chi connectivity index (χ1n) is 8.63. The van der Waals surface area contributed by atoms with Gasteiger partial charge in [-0.15, -0.1) is 0 Å². The Balaban J connectivity index is 1.55. The summed E-state index contributed by atoms with van der Waals surface area (Å²) < 4.78 is 6.98. The highest BCUT2D eigenvalue weighted by Crippen LogP contribution is 2.39. The first-order chi connectivity index (χ1) is 11.5. The van der Waals surface area contributed by atoms with E-state index in [2.05, 4.69) is 4.90 Å². The van der Waals surface area contributed by atoms with Gasteiger partial charge in [0, 0.05) is 30.7 Å². The molecule has 3 heterocycles. The summed E-state index contributed by atoms with van der Waals surface area (Å²) in [4.78, 5) is 14.1. The van der Waals surface area contributed by atoms with Crippen LogP contribution < -0.4 is 0 Å². The van der Waals surface area contributed by atoms with Crippen LogP contribution in [0.5, 0.6) is 0 Å². The molecular formula is C18H23ClN2O3. The molecule has 0 radical (unpaired) electrons. The maximum absolute atomic E-state index is 11.7. The molecule has 3 aliphatic heterocycles. The lowest BCUT2D eigenvalue weighted by atomic mass is 9.92. The van der Waals surface area contributed by atoms with Gasteiger partial charge in [0.1, 0.15) is 6.61 Å². The lowest BCUT2D eigenvalue weighted by molar-refractivity contribution is 0.0534. The molecule has 0 aliphatic carbocycles. The predicted molar refractivity (Wildman–Crippen MR) is 90.8 cm³/mol. The van der Waals surface area contributed by atoms with Crippen LogP contribution in [0.3, 0.4) is 0 Å². The number of hydrogen-bond donors (Lipinski definition) is 1. The van der Waals surface area contributed by atoms with Crippen LogP contribution in [0, 0.1) is 6.92 Å². The maximum atomic E-state index is 11.7. The summed E-state index contributed by atoms with van der Waals surface area (Å²) in [6.45, 7) is 5.68. The van der Waals surface area contributed by atoms with Gasteiger partial charge >= 0.3 is 5.97 Å². The van der Waals surface area contributed by atoms with Gasteiger partial charge in [0.15, 0.2) is 0 Å². The molecule has 3 aliphatic rings. The lowest BCUT2D eigenvalue weighted by Gasteiger charge is -2.36. The van der Waals surface area contributed by atoms with E-state index in [0.717, 1.165) is 55.6 Å². The minimum Gasteiger partial charge on any atom is -0.457 e. The number of hydrogen-bond acceptors (Lipinski definition) is 5. The largest absolute Gasteiger partial charge is 0.457 e. The van der Waals surface area contributed by atoms with Crippen molar-refractivity contribution in [3.8, 4) is 0 Å². The summed E-state index contributed by atoms with van der Waals surface area (Å²) in [6, 6.07) is 3.66. The molecule has 0 aromatic heterocycles. The number of likely N-dealkylation sites (tertiary alicyclic amines) is 1. The number of carbonyl (C=O) groups is 1. The molecule has 5 nitrogen and oxygen atoms in total. The fraction of sp³-hybridized carbons (Fsp3) is 0.611. The highest BCUT2D eigenvalue weighted by Gasteiger charge is 2.46. The quantitative estimate of drug-likeness (QED) is 0.670. The van der Waals surface area contributed by atoms with Crippen LogP contribution >= 0.6 is 11.8 Å². The Morgan fingerprint density at radius 3 is 2.96 bits per heavy atom. The van der Waals surface area contributed by atoms with Crippen molar-refractivity contribution in [2.24, 2.45) is 0 Å². The Morgan fingerprint density at radius 2 is 2.21 bits per heavy atom. The monoisotopic (exact) mass is 350 g/mol. The van der Waals surface area contributed by atoms with Crippen LogP contribution in [-0.4, -0.2) is 52.1 Å². The van der Waals surface area contributed by atoms with Crippen molar-refractivity contribution in [1.29, 1.82) is 0 Å². The molecule has 6 heteroatoms. The van der Waals surface area contributed by atoms with Crippen LogP contribution in [0.15, 0.2) is 12.1 Å². The maximum Gasteiger partial charge on any atom is 0.338 e. The third-order valence-electron chi connectivity index (χ3n) is 5.99. The van der Waals surface area contributed by atoms with Crippen LogP contribution in [0.1, 0.15) is 52.4 Å². The van der Waals surface area contributed by atoms with E-state index in [1.165, 1.54) is 0 Å². The zero-order chi connectivity index (χ0) is 16.9. The Morgan fingerprint density at radius 1 is 1.38 bits per heavy atom. The predicted octanol–water partition coefficient (Wildman–Crippen LogP) is 2.39. The van der Waals surface area contributed by atoms with Crippen molar-refractivity contribution in [3.05, 3.63) is 34.4 Å². The number of fused-ring (bicyclic) bond motifs is 1. The standard InChI is InChI=1S/C18H23ClN2O3/c1-12-13(3-4-14-15(12)10-24-17(14)23)16(22)9-20-7-2-5-18(20)6-8-21(19)11-18/h3-4,16,22H,2,5-11H2,1H3/t16-,18?/m0/s1. The third kappa shape index (κ3) is 2.54. The first kappa shape index (κ1) is 16.3. The number of ether oxygens (including phenoxy) is 1. The Hall–Kier alpha value is -1.14. The molecule has 2 fully saturated rings. The molecule has 1 aromatic rings. The molecule has 1 spiro atoms. The number of halogens is 1. The number of nitrogens with zero attached hydrogens (tertiary/aromatic N) is 2. The molecule has 1 aromatic carbocycles. The Labute approximate surface area is 147 Å². The van der Waals surface area contributed by atoms with E-state index in [1.807, 2.05) is 17.4 Å². The fourth-order valence-corrected chi connectivity index (χ4v) is 4.89. The summed E-state index contributed by atoms with van der Waals surface area (Å²) in [5, 5.41) is 10.9. The summed E-state index contributed by atoms with van der Waals surface area (Å²) in [6.07, 6.45) is 2.80. The van der Waals surface area contributed by atoms with Gasteiger partial charge in [-0.05, 0) is 61.7 Å². The van der Waals surface area contributed by atoms with E-state index in [4.69, 9.17) is 16.5 Å². The smallest absolute Gasteiger partial charge is 0.338 e. The minimum absolute atomic E-state index is 0.117. The van der Waals surface area contributed by atoms with Gasteiger partial charge < -0.3 is 9.84 Å². The van der Waals surface area contributed by atoms with Gasteiger partial charge in [0.05, 0.1) is 11.7 Å². The molecular weight excluding hydrogens is 328 g/mol. The number of cyclic esters (lactones) is 1. The SMILES string of the molecule is Cc1c([C@@H](O)CN2CCCC23CCN(Cl)C3)ccc2c1COC2=O. The summed E-state index contributed by atoms with van der Waals surface area (Å²) in [5.41, 5.74) is 3.54. The second-order valence-corrected chi connectivity index (χ2v) is 7.74. The summed E-state index contributed by atoms with van der Waals surface area (Å²) >= 11 is 6.20. The van der Waals surface area contributed by atoms with Gasteiger partial charge in [-0.3, -0.25) is 4.90 Å². The number of carbonyl (C=O) groups excluding carboxylic acids is 1. The first-order valence-corrected chi connectivity index (χ1v) is 8.97. The van der Waals surface area contributed by atoms with E-state index in [0.29, 0.717) is 18.7 Å². The minimum atomic E-state index is -0.564. The normalized spacial score (nSPS) is 28.5. The van der Waals surface area contributed by atoms with Gasteiger partial charge in [0.25, 0.3) is 0 Å². The van der Waals surface area contributed by atoms with Gasteiger partial charge in [-0.2, -0.15) is 0 Å². The molecule has 24 heavy (non-hydrogen) atoms. The van der Waals surface area contributed by atoms with Crippen molar-refractivity contribution in [2.45, 2.75) is 44.4 Å². The van der Waals surface area contributed by atoms with Crippen LogP contribution in [-0.2, 0) is 11.3 Å². The average Bonchev–Trinajstić information content (AvgIpc) is 3.22. The lowest BCUT2D eigenvalue weighted by Crippen LogP contribution is -2.47. The number of esters is 1. The highest BCUT2D eigenvalue weighted by atomic mass is 35.5. The molecule has 130 valence electrons. The van der Waals surface area contributed by atoms with E-state index in [-0.39, 0.29) is 11.5 Å². The van der Waals surface area contributed by atoms with Crippen molar-refractivity contribution in [2.75, 3.05) is 26.2 Å². The molecule has 1 unspecified atom stereocenters. The van der Waals surface area contributed by atoms with Crippen molar-refractivity contribution in [1.82, 2.24) is 9.32 Å². The fourth-order valence-electron chi connectivity index (χ4n) is 4.58. The second-order valence-electron chi connectivity index (χ2n) is 7.27. The molecule has 2 atom stereocenters. The second kappa shape index (κ2) is 5.99. The van der Waals surface area contributed by atoms with E-state index < -0.39 is 6.10 Å². The Kier molecular flexibility index (Phi) is 4.07. The average molecular weight is 351 g/mol. The van der Waals surface area contributed by atoms with Crippen molar-refractivity contribution < 1.29 is 14.6 Å². The molecule has 0 bridgehead atoms. The van der Waals surface area contributed by atoms with Crippen LogP contribution in [0.25, 0.3) is 0 Å². The number of benzene rings is 1. The van der Waals surface area contributed by atoms with Gasteiger partial charge in [0.2, 0.25) is 0 Å². The zero-order valence-corrected chi connectivity index (χ0v) is 14.7. The van der Waals surface area contributed by atoms with Crippen LogP contribution in [0.2, 0.25) is 0 Å². The van der Waals surface area contributed by atoms with Crippen LogP contribution in [0.4, 0.5) is 0 Å². The number of β-amino-alcohol motifs (C(OH)–C–C–N with tert-alkyl or cyclic N) is 1.